The first-order valence-corrected chi connectivity index (χ1v) is 13.0. The number of aromatic amines is 1. The number of hydrogen-bond donors (Lipinski definition) is 5. The number of carbonyl (C=O) groups excluding carboxylic acids is 2. The lowest BCUT2D eigenvalue weighted by Crippen LogP contribution is -2.43. The number of H-pyrrole nitrogens is 1. The van der Waals surface area contributed by atoms with E-state index in [1.165, 1.54) is 0 Å². The lowest BCUT2D eigenvalue weighted by Gasteiger charge is -2.28. The Morgan fingerprint density at radius 1 is 1.00 bits per heavy atom. The van der Waals surface area contributed by atoms with Crippen LogP contribution in [0.5, 0.6) is 0 Å². The zero-order valence-corrected chi connectivity index (χ0v) is 21.2. The third-order valence-electron chi connectivity index (χ3n) is 7.42. The molecule has 4 aromatic rings. The van der Waals surface area contributed by atoms with Crippen LogP contribution in [0.3, 0.4) is 0 Å². The number of pyridine rings is 1. The zero-order chi connectivity index (χ0) is 26.5. The number of carbonyl (C=O) groups is 2. The molecule has 9 heteroatoms. The van der Waals surface area contributed by atoms with Crippen molar-refractivity contribution in [2.24, 2.45) is 17.6 Å². The zero-order valence-electron chi connectivity index (χ0n) is 21.2. The van der Waals surface area contributed by atoms with Crippen molar-refractivity contribution in [2.45, 2.75) is 38.3 Å². The summed E-state index contributed by atoms with van der Waals surface area (Å²) in [6.07, 6.45) is 5.11. The van der Waals surface area contributed by atoms with E-state index >= 15 is 0 Å². The van der Waals surface area contributed by atoms with E-state index in [-0.39, 0.29) is 24.3 Å². The van der Waals surface area contributed by atoms with E-state index < -0.39 is 6.04 Å². The number of nitrogens with zero attached hydrogens (tertiary/aromatic N) is 2. The summed E-state index contributed by atoms with van der Waals surface area (Å²) in [6.45, 7) is 0.919. The number of aromatic nitrogens is 3. The fraction of sp³-hybridized carbons (Fsp3) is 0.310. The number of rotatable bonds is 8. The molecule has 0 bridgehead atoms. The highest BCUT2D eigenvalue weighted by Gasteiger charge is 2.30. The molecule has 1 atom stereocenters. The van der Waals surface area contributed by atoms with Gasteiger partial charge < -0.3 is 22.1 Å². The van der Waals surface area contributed by atoms with Crippen LogP contribution in [0, 0.1) is 11.8 Å². The molecule has 1 aliphatic rings. The highest BCUT2D eigenvalue weighted by atomic mass is 16.2. The second-order valence-electron chi connectivity index (χ2n) is 9.93. The van der Waals surface area contributed by atoms with Gasteiger partial charge in [-0.2, -0.15) is 5.10 Å². The molecule has 2 aromatic heterocycles. The summed E-state index contributed by atoms with van der Waals surface area (Å²) in [5.74, 6) is 0.413. The van der Waals surface area contributed by atoms with Crippen LogP contribution in [0.1, 0.15) is 43.0 Å². The number of nitrogens with two attached hydrogens (primary N) is 2. The molecular weight excluding hydrogens is 478 g/mol. The topological polar surface area (TPSA) is 152 Å². The van der Waals surface area contributed by atoms with Gasteiger partial charge in [-0.15, -0.1) is 0 Å². The van der Waals surface area contributed by atoms with E-state index in [0.717, 1.165) is 53.4 Å². The third-order valence-corrected chi connectivity index (χ3v) is 7.42. The standard InChI is InChI=1S/C29H33N7O2/c30-16-18-7-9-19(10-8-18)28(37)34-26(29(38)33-17-23-6-1-2-13-32-23)22-5-3-4-20(14-22)21-11-12-24-25(15-21)35-36-27(24)31/h1-6,11-15,18-19,26H,7-10,16-17,30H2,(H,33,38)(H,34,37)(H3,31,35,36). The molecule has 0 radical (unpaired) electrons. The summed E-state index contributed by atoms with van der Waals surface area (Å²) in [6, 6.07) is 18.3. The van der Waals surface area contributed by atoms with Gasteiger partial charge in [0.2, 0.25) is 11.8 Å². The molecule has 2 aromatic carbocycles. The molecule has 38 heavy (non-hydrogen) atoms. The van der Waals surface area contributed by atoms with Crippen LogP contribution >= 0.6 is 0 Å². The van der Waals surface area contributed by atoms with Gasteiger partial charge in [-0.1, -0.05) is 30.3 Å². The summed E-state index contributed by atoms with van der Waals surface area (Å²) in [7, 11) is 0. The largest absolute Gasteiger partial charge is 0.382 e. The summed E-state index contributed by atoms with van der Waals surface area (Å²) < 4.78 is 0. The number of benzene rings is 2. The molecule has 9 nitrogen and oxygen atoms in total. The number of amides is 2. The number of hydrogen-bond acceptors (Lipinski definition) is 6. The van der Waals surface area contributed by atoms with Crippen molar-refractivity contribution >= 4 is 28.5 Å². The molecule has 0 aliphatic heterocycles. The molecule has 0 spiro atoms. The van der Waals surface area contributed by atoms with E-state index in [1.807, 2.05) is 60.7 Å². The molecule has 196 valence electrons. The van der Waals surface area contributed by atoms with Crippen LogP contribution in [-0.4, -0.2) is 33.5 Å². The minimum Gasteiger partial charge on any atom is -0.382 e. The van der Waals surface area contributed by atoms with Crippen LogP contribution in [0.25, 0.3) is 22.0 Å². The predicted molar refractivity (Wildman–Crippen MR) is 147 cm³/mol. The van der Waals surface area contributed by atoms with Crippen LogP contribution < -0.4 is 22.1 Å². The average molecular weight is 512 g/mol. The van der Waals surface area contributed by atoms with Crippen molar-refractivity contribution in [2.75, 3.05) is 12.3 Å². The predicted octanol–water partition coefficient (Wildman–Crippen LogP) is 3.45. The molecule has 2 heterocycles. The van der Waals surface area contributed by atoms with Gasteiger partial charge in [-0.25, -0.2) is 0 Å². The SMILES string of the molecule is NCC1CCC(C(=O)NC(C(=O)NCc2ccccn2)c2cccc(-c3ccc4c(N)n[nH]c4c3)c2)CC1. The monoisotopic (exact) mass is 511 g/mol. The summed E-state index contributed by atoms with van der Waals surface area (Å²) in [4.78, 5) is 31.0. The van der Waals surface area contributed by atoms with E-state index in [1.54, 1.807) is 6.20 Å². The van der Waals surface area contributed by atoms with Crippen LogP contribution in [0.15, 0.2) is 66.9 Å². The minimum atomic E-state index is -0.843. The Balaban J connectivity index is 1.39. The molecule has 1 aliphatic carbocycles. The van der Waals surface area contributed by atoms with Gasteiger partial charge in [0.1, 0.15) is 6.04 Å². The maximum Gasteiger partial charge on any atom is 0.247 e. The lowest BCUT2D eigenvalue weighted by atomic mass is 9.81. The van der Waals surface area contributed by atoms with Gasteiger partial charge in [-0.3, -0.25) is 19.7 Å². The fourth-order valence-electron chi connectivity index (χ4n) is 5.12. The molecule has 0 saturated heterocycles. The summed E-state index contributed by atoms with van der Waals surface area (Å²) in [5.41, 5.74) is 15.9. The lowest BCUT2D eigenvalue weighted by molar-refractivity contribution is -0.132. The first-order valence-electron chi connectivity index (χ1n) is 13.0. The van der Waals surface area contributed by atoms with E-state index in [0.29, 0.717) is 23.8 Å². The van der Waals surface area contributed by atoms with Crippen LogP contribution in [0.2, 0.25) is 0 Å². The Morgan fingerprint density at radius 2 is 1.82 bits per heavy atom. The molecule has 1 fully saturated rings. The first-order chi connectivity index (χ1) is 18.5. The van der Waals surface area contributed by atoms with Gasteiger partial charge in [0.05, 0.1) is 17.8 Å². The van der Waals surface area contributed by atoms with Crippen molar-refractivity contribution in [1.82, 2.24) is 25.8 Å². The third kappa shape index (κ3) is 5.68. The average Bonchev–Trinajstić information content (AvgIpc) is 3.35. The molecule has 5 rings (SSSR count). The van der Waals surface area contributed by atoms with Gasteiger partial charge >= 0.3 is 0 Å². The van der Waals surface area contributed by atoms with E-state index in [4.69, 9.17) is 11.5 Å². The number of anilines is 1. The van der Waals surface area contributed by atoms with Crippen molar-refractivity contribution in [3.63, 3.8) is 0 Å². The smallest absolute Gasteiger partial charge is 0.247 e. The Morgan fingerprint density at radius 3 is 2.58 bits per heavy atom. The maximum atomic E-state index is 13.5. The highest BCUT2D eigenvalue weighted by molar-refractivity contribution is 5.92. The molecule has 7 N–H and O–H groups in total. The van der Waals surface area contributed by atoms with E-state index in [9.17, 15) is 9.59 Å². The Labute approximate surface area is 221 Å². The Hall–Kier alpha value is -4.24. The van der Waals surface area contributed by atoms with Gasteiger partial charge in [0.25, 0.3) is 0 Å². The molecule has 1 saturated carbocycles. The van der Waals surface area contributed by atoms with E-state index in [2.05, 4.69) is 25.8 Å². The molecule has 1 unspecified atom stereocenters. The van der Waals surface area contributed by atoms with Gasteiger partial charge in [0, 0.05) is 17.5 Å². The van der Waals surface area contributed by atoms with Gasteiger partial charge in [0.15, 0.2) is 5.82 Å². The summed E-state index contributed by atoms with van der Waals surface area (Å²) in [5, 5.41) is 13.9. The number of fused-ring (bicyclic) bond motifs is 1. The number of nitrogen functional groups attached to an aromatic ring is 1. The second-order valence-corrected chi connectivity index (χ2v) is 9.93. The Bertz CT molecular complexity index is 1410. The van der Waals surface area contributed by atoms with Crippen molar-refractivity contribution < 1.29 is 9.59 Å². The van der Waals surface area contributed by atoms with Crippen molar-refractivity contribution in [3.05, 3.63) is 78.1 Å². The normalized spacial score (nSPS) is 18.1. The Kier molecular flexibility index (Phi) is 7.65. The molecule has 2 amide bonds. The first kappa shape index (κ1) is 25.4. The van der Waals surface area contributed by atoms with Crippen molar-refractivity contribution in [1.29, 1.82) is 0 Å². The summed E-state index contributed by atoms with van der Waals surface area (Å²) >= 11 is 0. The quantitative estimate of drug-likeness (QED) is 0.244. The minimum absolute atomic E-state index is 0.0989. The second kappa shape index (κ2) is 11.4. The maximum absolute atomic E-state index is 13.5. The van der Waals surface area contributed by atoms with Crippen LogP contribution in [0.4, 0.5) is 5.82 Å². The molecular formula is C29H33N7O2. The van der Waals surface area contributed by atoms with Gasteiger partial charge in [-0.05, 0) is 85.2 Å². The number of nitrogens with one attached hydrogen (secondary N) is 3. The van der Waals surface area contributed by atoms with Crippen LogP contribution in [-0.2, 0) is 16.1 Å². The highest BCUT2D eigenvalue weighted by Crippen LogP contribution is 2.30. The van der Waals surface area contributed by atoms with Crippen molar-refractivity contribution in [3.8, 4) is 11.1 Å². The fourth-order valence-corrected chi connectivity index (χ4v) is 5.12.